The number of carbonyl (C=O) groups excluding carboxylic acids is 1. The van der Waals surface area contributed by atoms with E-state index in [1.54, 1.807) is 19.2 Å². The van der Waals surface area contributed by atoms with Crippen LogP contribution in [0.3, 0.4) is 0 Å². The van der Waals surface area contributed by atoms with Gasteiger partial charge in [0.15, 0.2) is 5.78 Å². The number of halogens is 1. The third-order valence-electron chi connectivity index (χ3n) is 4.89. The van der Waals surface area contributed by atoms with Gasteiger partial charge in [0.1, 0.15) is 0 Å². The van der Waals surface area contributed by atoms with Gasteiger partial charge in [0.25, 0.3) is 0 Å². The largest absolute Gasteiger partial charge is 0.367 e. The molecule has 2 aromatic rings. The number of pyridine rings is 1. The SMILES string of the molecule is CC(=O)c1cc(Cl)c2cccnc2c1N1CCN(C2CC2)CC1. The van der Waals surface area contributed by atoms with Gasteiger partial charge in [0, 0.05) is 49.4 Å². The maximum absolute atomic E-state index is 12.2. The molecule has 0 atom stereocenters. The van der Waals surface area contributed by atoms with Crippen molar-refractivity contribution in [2.45, 2.75) is 25.8 Å². The van der Waals surface area contributed by atoms with E-state index >= 15 is 0 Å². The van der Waals surface area contributed by atoms with Crippen LogP contribution in [-0.2, 0) is 0 Å². The number of rotatable bonds is 3. The highest BCUT2D eigenvalue weighted by atomic mass is 35.5. The number of carbonyl (C=O) groups is 1. The molecule has 23 heavy (non-hydrogen) atoms. The number of piperazine rings is 1. The van der Waals surface area contributed by atoms with E-state index in [1.807, 2.05) is 12.1 Å². The van der Waals surface area contributed by atoms with E-state index in [0.717, 1.165) is 48.8 Å². The molecular formula is C18H20ClN3O. The van der Waals surface area contributed by atoms with E-state index in [4.69, 9.17) is 11.6 Å². The first-order valence-corrected chi connectivity index (χ1v) is 8.60. The molecule has 0 N–H and O–H groups in total. The highest BCUT2D eigenvalue weighted by Crippen LogP contribution is 2.36. The molecule has 4 nitrogen and oxygen atoms in total. The van der Waals surface area contributed by atoms with Crippen LogP contribution in [0.5, 0.6) is 0 Å². The Kier molecular flexibility index (Phi) is 3.74. The zero-order valence-corrected chi connectivity index (χ0v) is 14.0. The van der Waals surface area contributed by atoms with Gasteiger partial charge in [0.2, 0.25) is 0 Å². The van der Waals surface area contributed by atoms with Crippen molar-refractivity contribution in [2.75, 3.05) is 31.1 Å². The lowest BCUT2D eigenvalue weighted by Gasteiger charge is -2.37. The topological polar surface area (TPSA) is 36.4 Å². The van der Waals surface area contributed by atoms with Gasteiger partial charge in [-0.25, -0.2) is 0 Å². The summed E-state index contributed by atoms with van der Waals surface area (Å²) in [4.78, 5) is 21.6. The Bertz CT molecular complexity index is 764. The Morgan fingerprint density at radius 1 is 1.26 bits per heavy atom. The van der Waals surface area contributed by atoms with Crippen molar-refractivity contribution >= 4 is 34.0 Å². The van der Waals surface area contributed by atoms with Crippen LogP contribution >= 0.6 is 11.6 Å². The molecule has 1 saturated carbocycles. The van der Waals surface area contributed by atoms with Crippen LogP contribution in [0.1, 0.15) is 30.1 Å². The predicted molar refractivity (Wildman–Crippen MR) is 93.6 cm³/mol. The zero-order valence-electron chi connectivity index (χ0n) is 13.3. The Balaban J connectivity index is 1.77. The minimum absolute atomic E-state index is 0.0408. The summed E-state index contributed by atoms with van der Waals surface area (Å²) in [6, 6.07) is 6.45. The number of ketones is 1. The summed E-state index contributed by atoms with van der Waals surface area (Å²) in [5, 5.41) is 1.51. The summed E-state index contributed by atoms with van der Waals surface area (Å²) >= 11 is 6.37. The zero-order chi connectivity index (χ0) is 16.0. The quantitative estimate of drug-likeness (QED) is 0.809. The molecule has 120 valence electrons. The van der Waals surface area contributed by atoms with Crippen molar-refractivity contribution in [2.24, 2.45) is 0 Å². The molecule has 0 spiro atoms. The van der Waals surface area contributed by atoms with Crippen LogP contribution in [-0.4, -0.2) is 47.9 Å². The average molecular weight is 330 g/mol. The van der Waals surface area contributed by atoms with Crippen molar-refractivity contribution in [3.63, 3.8) is 0 Å². The molecule has 0 unspecified atom stereocenters. The minimum Gasteiger partial charge on any atom is -0.367 e. The lowest BCUT2D eigenvalue weighted by Crippen LogP contribution is -2.47. The molecule has 0 amide bonds. The van der Waals surface area contributed by atoms with Gasteiger partial charge in [-0.1, -0.05) is 11.6 Å². The minimum atomic E-state index is 0.0408. The lowest BCUT2D eigenvalue weighted by molar-refractivity contribution is 0.101. The smallest absolute Gasteiger partial charge is 0.162 e. The van der Waals surface area contributed by atoms with Crippen LogP contribution in [0.4, 0.5) is 5.69 Å². The normalized spacial score (nSPS) is 19.3. The van der Waals surface area contributed by atoms with E-state index in [2.05, 4.69) is 14.8 Å². The number of hydrogen-bond acceptors (Lipinski definition) is 4. The summed E-state index contributed by atoms with van der Waals surface area (Å²) in [5.74, 6) is 0.0408. The average Bonchev–Trinajstić information content (AvgIpc) is 3.40. The summed E-state index contributed by atoms with van der Waals surface area (Å²) in [6.45, 7) is 5.58. The highest BCUT2D eigenvalue weighted by molar-refractivity contribution is 6.36. The second kappa shape index (κ2) is 5.77. The maximum Gasteiger partial charge on any atom is 0.162 e. The first-order valence-electron chi connectivity index (χ1n) is 8.22. The summed E-state index contributed by atoms with van der Waals surface area (Å²) in [6.07, 6.45) is 4.45. The highest BCUT2D eigenvalue weighted by Gasteiger charge is 2.32. The molecular weight excluding hydrogens is 310 g/mol. The van der Waals surface area contributed by atoms with Crippen molar-refractivity contribution in [1.29, 1.82) is 0 Å². The van der Waals surface area contributed by atoms with E-state index in [0.29, 0.717) is 10.6 Å². The number of nitrogens with zero attached hydrogens (tertiary/aromatic N) is 3. The van der Waals surface area contributed by atoms with Crippen LogP contribution in [0.15, 0.2) is 24.4 Å². The number of Topliss-reactive ketones (excluding diaryl/α,β-unsaturated/α-hetero) is 1. The molecule has 1 aliphatic carbocycles. The third kappa shape index (κ3) is 2.70. The summed E-state index contributed by atoms with van der Waals surface area (Å²) < 4.78 is 0. The Morgan fingerprint density at radius 2 is 2.00 bits per heavy atom. The van der Waals surface area contributed by atoms with Crippen molar-refractivity contribution in [3.05, 3.63) is 35.0 Å². The van der Waals surface area contributed by atoms with Gasteiger partial charge < -0.3 is 4.90 Å². The summed E-state index contributed by atoms with van der Waals surface area (Å²) in [5.41, 5.74) is 2.47. The van der Waals surface area contributed by atoms with E-state index in [-0.39, 0.29) is 5.78 Å². The van der Waals surface area contributed by atoms with Gasteiger partial charge in [-0.15, -0.1) is 0 Å². The van der Waals surface area contributed by atoms with Crippen LogP contribution < -0.4 is 4.90 Å². The molecule has 1 aromatic carbocycles. The first kappa shape index (κ1) is 14.9. The number of anilines is 1. The molecule has 5 heteroatoms. The van der Waals surface area contributed by atoms with E-state index in [1.165, 1.54) is 12.8 Å². The standard InChI is InChI=1S/C18H20ClN3O/c1-12(23)15-11-16(19)14-3-2-6-20-17(14)18(15)22-9-7-21(8-10-22)13-4-5-13/h2-3,6,11,13H,4-5,7-10H2,1H3. The Morgan fingerprint density at radius 3 is 2.65 bits per heavy atom. The first-order chi connectivity index (χ1) is 11.1. The van der Waals surface area contributed by atoms with Gasteiger partial charge in [-0.05, 0) is 38.0 Å². The number of benzene rings is 1. The second-order valence-electron chi connectivity index (χ2n) is 6.46. The molecule has 0 radical (unpaired) electrons. The molecule has 2 fully saturated rings. The molecule has 2 aliphatic rings. The van der Waals surface area contributed by atoms with Gasteiger partial charge >= 0.3 is 0 Å². The van der Waals surface area contributed by atoms with Crippen LogP contribution in [0, 0.1) is 0 Å². The number of hydrogen-bond donors (Lipinski definition) is 0. The molecule has 0 bridgehead atoms. The Hall–Kier alpha value is -1.65. The number of aromatic nitrogens is 1. The molecule has 1 aliphatic heterocycles. The maximum atomic E-state index is 12.2. The summed E-state index contributed by atoms with van der Waals surface area (Å²) in [7, 11) is 0. The lowest BCUT2D eigenvalue weighted by atomic mass is 10.0. The molecule has 1 saturated heterocycles. The van der Waals surface area contributed by atoms with Gasteiger partial charge in [-0.3, -0.25) is 14.7 Å². The predicted octanol–water partition coefficient (Wildman–Crippen LogP) is 3.38. The fourth-order valence-corrected chi connectivity index (χ4v) is 3.79. The van der Waals surface area contributed by atoms with E-state index in [9.17, 15) is 4.79 Å². The second-order valence-corrected chi connectivity index (χ2v) is 6.87. The Labute approximate surface area is 141 Å². The molecule has 4 rings (SSSR count). The fraction of sp³-hybridized carbons (Fsp3) is 0.444. The third-order valence-corrected chi connectivity index (χ3v) is 5.20. The van der Waals surface area contributed by atoms with Crippen LogP contribution in [0.25, 0.3) is 10.9 Å². The van der Waals surface area contributed by atoms with Crippen molar-refractivity contribution < 1.29 is 4.79 Å². The monoisotopic (exact) mass is 329 g/mol. The van der Waals surface area contributed by atoms with Crippen LogP contribution in [0.2, 0.25) is 5.02 Å². The van der Waals surface area contributed by atoms with Crippen molar-refractivity contribution in [3.8, 4) is 0 Å². The molecule has 1 aromatic heterocycles. The van der Waals surface area contributed by atoms with E-state index < -0.39 is 0 Å². The van der Waals surface area contributed by atoms with Crippen molar-refractivity contribution in [1.82, 2.24) is 9.88 Å². The van der Waals surface area contributed by atoms with Gasteiger partial charge in [-0.2, -0.15) is 0 Å². The molecule has 2 heterocycles. The van der Waals surface area contributed by atoms with Gasteiger partial charge in [0.05, 0.1) is 16.2 Å². The number of fused-ring (bicyclic) bond motifs is 1. The fourth-order valence-electron chi connectivity index (χ4n) is 3.53.